The SMILES string of the molecule is COc1cccc(C(=O)Nc2cccc(SC(C(=O)Nc3cccc(C)c3)c3ccccc3)c2)c1. The Bertz CT molecular complexity index is 1320. The lowest BCUT2D eigenvalue weighted by Gasteiger charge is -2.18. The van der Waals surface area contributed by atoms with Gasteiger partial charge in [-0.2, -0.15) is 0 Å². The minimum atomic E-state index is -0.471. The summed E-state index contributed by atoms with van der Waals surface area (Å²) in [6.45, 7) is 1.99. The Hall–Kier alpha value is -4.03. The fourth-order valence-electron chi connectivity index (χ4n) is 3.58. The van der Waals surface area contributed by atoms with Gasteiger partial charge in [0, 0.05) is 21.8 Å². The third-order valence-electron chi connectivity index (χ3n) is 5.30. The largest absolute Gasteiger partial charge is 0.497 e. The molecule has 35 heavy (non-hydrogen) atoms. The molecular formula is C29H26N2O3S. The van der Waals surface area contributed by atoms with Crippen LogP contribution in [-0.4, -0.2) is 18.9 Å². The molecule has 0 spiro atoms. The van der Waals surface area contributed by atoms with Crippen LogP contribution in [0.1, 0.15) is 26.7 Å². The van der Waals surface area contributed by atoms with Gasteiger partial charge in [0.2, 0.25) is 5.91 Å². The predicted molar refractivity (Wildman–Crippen MR) is 142 cm³/mol. The minimum Gasteiger partial charge on any atom is -0.497 e. The molecular weight excluding hydrogens is 456 g/mol. The Kier molecular flexibility index (Phi) is 7.85. The molecule has 0 saturated heterocycles. The van der Waals surface area contributed by atoms with E-state index in [4.69, 9.17) is 4.74 Å². The van der Waals surface area contributed by atoms with Gasteiger partial charge in [0.1, 0.15) is 11.0 Å². The molecule has 0 saturated carbocycles. The number of carbonyl (C=O) groups excluding carboxylic acids is 2. The van der Waals surface area contributed by atoms with E-state index in [9.17, 15) is 9.59 Å². The number of carbonyl (C=O) groups is 2. The summed E-state index contributed by atoms with van der Waals surface area (Å²) in [7, 11) is 1.57. The summed E-state index contributed by atoms with van der Waals surface area (Å²) < 4.78 is 5.21. The molecule has 0 heterocycles. The second kappa shape index (κ2) is 11.4. The molecule has 0 aliphatic rings. The molecule has 1 atom stereocenters. The van der Waals surface area contributed by atoms with Crippen LogP contribution in [0.2, 0.25) is 0 Å². The Morgan fingerprint density at radius 2 is 1.49 bits per heavy atom. The van der Waals surface area contributed by atoms with Crippen LogP contribution in [-0.2, 0) is 4.79 Å². The molecule has 2 amide bonds. The number of thioether (sulfide) groups is 1. The molecule has 0 bridgehead atoms. The number of methoxy groups -OCH3 is 1. The average molecular weight is 483 g/mol. The number of ether oxygens (including phenoxy) is 1. The Morgan fingerprint density at radius 3 is 2.23 bits per heavy atom. The van der Waals surface area contributed by atoms with Crippen LogP contribution in [0.15, 0.2) is 108 Å². The van der Waals surface area contributed by atoms with Crippen molar-refractivity contribution in [2.24, 2.45) is 0 Å². The number of nitrogens with one attached hydrogen (secondary N) is 2. The molecule has 4 rings (SSSR count). The van der Waals surface area contributed by atoms with Gasteiger partial charge in [0.15, 0.2) is 0 Å². The van der Waals surface area contributed by atoms with Crippen LogP contribution in [0.4, 0.5) is 11.4 Å². The zero-order valence-corrected chi connectivity index (χ0v) is 20.3. The van der Waals surface area contributed by atoms with Gasteiger partial charge in [-0.15, -0.1) is 11.8 Å². The highest BCUT2D eigenvalue weighted by atomic mass is 32.2. The summed E-state index contributed by atoms with van der Waals surface area (Å²) in [6, 6.07) is 31.9. The van der Waals surface area contributed by atoms with Crippen LogP contribution in [0, 0.1) is 6.92 Å². The van der Waals surface area contributed by atoms with Crippen LogP contribution < -0.4 is 15.4 Å². The number of anilines is 2. The zero-order chi connectivity index (χ0) is 24.6. The van der Waals surface area contributed by atoms with Crippen molar-refractivity contribution in [3.05, 3.63) is 120 Å². The molecule has 4 aromatic carbocycles. The average Bonchev–Trinajstić information content (AvgIpc) is 2.88. The predicted octanol–water partition coefficient (Wildman–Crippen LogP) is 6.73. The topological polar surface area (TPSA) is 67.4 Å². The molecule has 6 heteroatoms. The summed E-state index contributed by atoms with van der Waals surface area (Å²) in [5.74, 6) is 0.271. The molecule has 0 aromatic heterocycles. The van der Waals surface area contributed by atoms with E-state index < -0.39 is 5.25 Å². The number of hydrogen-bond donors (Lipinski definition) is 2. The van der Waals surface area contributed by atoms with Gasteiger partial charge in [-0.05, 0) is 66.6 Å². The Morgan fingerprint density at radius 1 is 0.771 bits per heavy atom. The molecule has 176 valence electrons. The third kappa shape index (κ3) is 6.52. The summed E-state index contributed by atoms with van der Waals surface area (Å²) in [6.07, 6.45) is 0. The molecule has 0 aliphatic carbocycles. The van der Waals surface area contributed by atoms with Crippen molar-refractivity contribution >= 4 is 35.0 Å². The summed E-state index contributed by atoms with van der Waals surface area (Å²) >= 11 is 1.43. The van der Waals surface area contributed by atoms with Crippen molar-refractivity contribution in [2.45, 2.75) is 17.1 Å². The van der Waals surface area contributed by atoms with E-state index in [0.29, 0.717) is 17.0 Å². The highest BCUT2D eigenvalue weighted by molar-refractivity contribution is 8.00. The van der Waals surface area contributed by atoms with E-state index in [2.05, 4.69) is 10.6 Å². The first-order valence-electron chi connectivity index (χ1n) is 11.2. The van der Waals surface area contributed by atoms with Gasteiger partial charge >= 0.3 is 0 Å². The first-order valence-corrected chi connectivity index (χ1v) is 12.0. The Labute approximate surface area is 209 Å². The maximum atomic E-state index is 13.3. The van der Waals surface area contributed by atoms with E-state index in [1.807, 2.05) is 85.8 Å². The molecule has 0 radical (unpaired) electrons. The second-order valence-corrected chi connectivity index (χ2v) is 9.16. The maximum absolute atomic E-state index is 13.3. The van der Waals surface area contributed by atoms with Crippen molar-refractivity contribution < 1.29 is 14.3 Å². The van der Waals surface area contributed by atoms with Gasteiger partial charge in [-0.25, -0.2) is 0 Å². The number of hydrogen-bond acceptors (Lipinski definition) is 4. The van der Waals surface area contributed by atoms with Crippen LogP contribution in [0.5, 0.6) is 5.75 Å². The van der Waals surface area contributed by atoms with Gasteiger partial charge in [-0.1, -0.05) is 54.6 Å². The summed E-state index contributed by atoms with van der Waals surface area (Å²) in [5.41, 5.74) is 3.88. The van der Waals surface area contributed by atoms with Crippen LogP contribution >= 0.6 is 11.8 Å². The van der Waals surface area contributed by atoms with Crippen LogP contribution in [0.3, 0.4) is 0 Å². The standard InChI is InChI=1S/C29H26N2O3S/c1-20-9-6-13-23(17-20)31-29(33)27(21-10-4-3-5-11-21)35-26-16-8-14-24(19-26)30-28(32)22-12-7-15-25(18-22)34-2/h3-19,27H,1-2H3,(H,30,32)(H,31,33). The van der Waals surface area contributed by atoms with Crippen molar-refractivity contribution in [1.82, 2.24) is 0 Å². The van der Waals surface area contributed by atoms with Gasteiger partial charge in [-0.3, -0.25) is 9.59 Å². The van der Waals surface area contributed by atoms with Crippen molar-refractivity contribution in [3.63, 3.8) is 0 Å². The highest BCUT2D eigenvalue weighted by Gasteiger charge is 2.22. The van der Waals surface area contributed by atoms with Gasteiger partial charge in [0.05, 0.1) is 7.11 Å². The van der Waals surface area contributed by atoms with Gasteiger partial charge < -0.3 is 15.4 Å². The monoisotopic (exact) mass is 482 g/mol. The van der Waals surface area contributed by atoms with E-state index in [0.717, 1.165) is 21.7 Å². The summed E-state index contributed by atoms with van der Waals surface area (Å²) in [5, 5.41) is 5.50. The molecule has 2 N–H and O–H groups in total. The molecule has 4 aromatic rings. The quantitative estimate of drug-likeness (QED) is 0.273. The van der Waals surface area contributed by atoms with Crippen molar-refractivity contribution in [3.8, 4) is 5.75 Å². The number of aryl methyl sites for hydroxylation is 1. The van der Waals surface area contributed by atoms with E-state index in [-0.39, 0.29) is 11.8 Å². The van der Waals surface area contributed by atoms with Crippen molar-refractivity contribution in [1.29, 1.82) is 0 Å². The minimum absolute atomic E-state index is 0.113. The number of rotatable bonds is 8. The number of benzene rings is 4. The first-order chi connectivity index (χ1) is 17.0. The fraction of sp³-hybridized carbons (Fsp3) is 0.103. The van der Waals surface area contributed by atoms with E-state index >= 15 is 0 Å². The fourth-order valence-corrected chi connectivity index (χ4v) is 4.67. The highest BCUT2D eigenvalue weighted by Crippen LogP contribution is 2.37. The van der Waals surface area contributed by atoms with E-state index in [1.54, 1.807) is 31.4 Å². The molecule has 5 nitrogen and oxygen atoms in total. The van der Waals surface area contributed by atoms with Gasteiger partial charge in [0.25, 0.3) is 5.91 Å². The smallest absolute Gasteiger partial charge is 0.255 e. The number of amides is 2. The molecule has 0 aliphatic heterocycles. The molecule has 1 unspecified atom stereocenters. The third-order valence-corrected chi connectivity index (χ3v) is 6.55. The second-order valence-electron chi connectivity index (χ2n) is 7.98. The Balaban J connectivity index is 1.53. The van der Waals surface area contributed by atoms with Crippen molar-refractivity contribution in [2.75, 3.05) is 17.7 Å². The summed E-state index contributed by atoms with van der Waals surface area (Å²) in [4.78, 5) is 26.9. The lowest BCUT2D eigenvalue weighted by atomic mass is 10.1. The molecule has 0 fully saturated rings. The van der Waals surface area contributed by atoms with E-state index in [1.165, 1.54) is 11.8 Å². The lowest BCUT2D eigenvalue weighted by molar-refractivity contribution is -0.115. The first kappa shape index (κ1) is 24.1. The maximum Gasteiger partial charge on any atom is 0.255 e. The lowest BCUT2D eigenvalue weighted by Crippen LogP contribution is -2.19. The van der Waals surface area contributed by atoms with Crippen LogP contribution in [0.25, 0.3) is 0 Å². The normalized spacial score (nSPS) is 11.4. The zero-order valence-electron chi connectivity index (χ0n) is 19.5.